The van der Waals surface area contributed by atoms with Crippen LogP contribution in [0.2, 0.25) is 0 Å². The van der Waals surface area contributed by atoms with Crippen molar-refractivity contribution in [3.05, 3.63) is 41.0 Å². The van der Waals surface area contributed by atoms with Crippen LogP contribution < -0.4 is 5.32 Å². The number of hydrogen-bond donors (Lipinski definition) is 1. The highest BCUT2D eigenvalue weighted by molar-refractivity contribution is 9.10. The van der Waals surface area contributed by atoms with Crippen LogP contribution in [0, 0.1) is 0 Å². The van der Waals surface area contributed by atoms with Gasteiger partial charge in [0.25, 0.3) is 0 Å². The molecule has 21 heavy (non-hydrogen) atoms. The van der Waals surface area contributed by atoms with Gasteiger partial charge in [-0.05, 0) is 45.0 Å². The molecule has 0 saturated carbocycles. The molecule has 1 atom stereocenters. The van der Waals surface area contributed by atoms with Crippen LogP contribution in [0.5, 0.6) is 0 Å². The zero-order chi connectivity index (χ0) is 15.4. The Morgan fingerprint density at radius 3 is 2.52 bits per heavy atom. The molecule has 1 amide bonds. The fourth-order valence-corrected chi connectivity index (χ4v) is 2.96. The first kappa shape index (κ1) is 16.1. The van der Waals surface area contributed by atoms with Crippen LogP contribution in [0.3, 0.4) is 0 Å². The van der Waals surface area contributed by atoms with Crippen LogP contribution in [0.1, 0.15) is 26.8 Å². The van der Waals surface area contributed by atoms with Gasteiger partial charge in [0, 0.05) is 21.5 Å². The quantitative estimate of drug-likeness (QED) is 0.799. The fourth-order valence-electron chi connectivity index (χ4n) is 1.82. The molecule has 0 bridgehead atoms. The summed E-state index contributed by atoms with van der Waals surface area (Å²) in [5.74, 6) is 0.712. The summed E-state index contributed by atoms with van der Waals surface area (Å²) in [6.45, 7) is 5.96. The van der Waals surface area contributed by atoms with Crippen molar-refractivity contribution < 1.29 is 4.79 Å². The Morgan fingerprint density at radius 1 is 1.24 bits per heavy atom. The Balaban J connectivity index is 1.99. The number of aromatic nitrogens is 2. The zero-order valence-corrected chi connectivity index (χ0v) is 14.6. The lowest BCUT2D eigenvalue weighted by Gasteiger charge is -2.15. The standard InChI is InChI=1S/C15H18BrN3OS/c1-10(2)19-14(8-9-17-19)18-15(20)11(3)21-13-6-4-12(16)5-7-13/h4-11H,1-3H3,(H,18,20). The second-order valence-corrected chi connectivity index (χ2v) is 7.29. The predicted molar refractivity (Wildman–Crippen MR) is 90.7 cm³/mol. The maximum absolute atomic E-state index is 12.3. The van der Waals surface area contributed by atoms with E-state index >= 15 is 0 Å². The van der Waals surface area contributed by atoms with E-state index in [1.807, 2.05) is 51.1 Å². The first-order valence-corrected chi connectivity index (χ1v) is 8.41. The number of amides is 1. The van der Waals surface area contributed by atoms with Gasteiger partial charge in [-0.15, -0.1) is 11.8 Å². The molecule has 0 aliphatic heterocycles. The van der Waals surface area contributed by atoms with Crippen molar-refractivity contribution in [1.82, 2.24) is 9.78 Å². The molecule has 1 unspecified atom stereocenters. The predicted octanol–water partition coefficient (Wildman–Crippen LogP) is 4.35. The van der Waals surface area contributed by atoms with Crippen molar-refractivity contribution in [2.24, 2.45) is 0 Å². The van der Waals surface area contributed by atoms with Gasteiger partial charge in [-0.25, -0.2) is 4.68 Å². The summed E-state index contributed by atoms with van der Waals surface area (Å²) >= 11 is 4.94. The van der Waals surface area contributed by atoms with Gasteiger partial charge in [0.05, 0.1) is 11.4 Å². The summed E-state index contributed by atoms with van der Waals surface area (Å²) in [6.07, 6.45) is 1.70. The zero-order valence-electron chi connectivity index (χ0n) is 12.2. The second-order valence-electron chi connectivity index (χ2n) is 4.96. The number of rotatable bonds is 5. The Labute approximate surface area is 137 Å². The van der Waals surface area contributed by atoms with Gasteiger partial charge in [-0.2, -0.15) is 5.10 Å². The normalized spacial score (nSPS) is 12.4. The second kappa shape index (κ2) is 7.13. The van der Waals surface area contributed by atoms with Crippen LogP contribution in [-0.4, -0.2) is 20.9 Å². The van der Waals surface area contributed by atoms with E-state index in [0.29, 0.717) is 0 Å². The third-order valence-corrected chi connectivity index (χ3v) is 4.55. The summed E-state index contributed by atoms with van der Waals surface area (Å²) < 4.78 is 2.83. The highest BCUT2D eigenvalue weighted by Gasteiger charge is 2.17. The van der Waals surface area contributed by atoms with E-state index in [1.54, 1.807) is 10.9 Å². The number of halogens is 1. The molecule has 0 aliphatic carbocycles. The molecule has 2 aromatic rings. The largest absolute Gasteiger partial charge is 0.310 e. The van der Waals surface area contributed by atoms with Gasteiger partial charge >= 0.3 is 0 Å². The number of nitrogens with zero attached hydrogens (tertiary/aromatic N) is 2. The molecule has 0 aliphatic rings. The van der Waals surface area contributed by atoms with Crippen molar-refractivity contribution in [1.29, 1.82) is 0 Å². The number of nitrogens with one attached hydrogen (secondary N) is 1. The van der Waals surface area contributed by atoms with E-state index in [4.69, 9.17) is 0 Å². The molecule has 4 nitrogen and oxygen atoms in total. The molecule has 0 fully saturated rings. The van der Waals surface area contributed by atoms with Crippen molar-refractivity contribution in [2.75, 3.05) is 5.32 Å². The third-order valence-electron chi connectivity index (χ3n) is 2.91. The van der Waals surface area contributed by atoms with Gasteiger partial charge in [0.2, 0.25) is 5.91 Å². The Hall–Kier alpha value is -1.27. The van der Waals surface area contributed by atoms with E-state index in [9.17, 15) is 4.79 Å². The third kappa shape index (κ3) is 4.35. The monoisotopic (exact) mass is 367 g/mol. The summed E-state index contributed by atoms with van der Waals surface area (Å²) in [5.41, 5.74) is 0. The van der Waals surface area contributed by atoms with Gasteiger partial charge < -0.3 is 5.32 Å². The Bertz CT molecular complexity index is 610. The molecule has 1 aromatic heterocycles. The smallest absolute Gasteiger partial charge is 0.238 e. The first-order chi connectivity index (χ1) is 9.97. The fraction of sp³-hybridized carbons (Fsp3) is 0.333. The topological polar surface area (TPSA) is 46.9 Å². The first-order valence-electron chi connectivity index (χ1n) is 6.74. The van der Waals surface area contributed by atoms with Crippen molar-refractivity contribution >= 4 is 39.4 Å². The number of anilines is 1. The minimum absolute atomic E-state index is 0.0229. The van der Waals surface area contributed by atoms with Gasteiger partial charge in [0.15, 0.2) is 0 Å². The van der Waals surface area contributed by atoms with Crippen LogP contribution in [0.25, 0.3) is 0 Å². The van der Waals surface area contributed by atoms with Crippen molar-refractivity contribution in [3.63, 3.8) is 0 Å². The number of hydrogen-bond acceptors (Lipinski definition) is 3. The molecule has 1 heterocycles. The number of carbonyl (C=O) groups is 1. The lowest BCUT2D eigenvalue weighted by atomic mass is 10.4. The number of benzene rings is 1. The van der Waals surface area contributed by atoms with Crippen LogP contribution >= 0.6 is 27.7 Å². The van der Waals surface area contributed by atoms with Gasteiger partial charge in [0.1, 0.15) is 5.82 Å². The maximum Gasteiger partial charge on any atom is 0.238 e. The van der Waals surface area contributed by atoms with Crippen LogP contribution in [0.15, 0.2) is 45.9 Å². The lowest BCUT2D eigenvalue weighted by molar-refractivity contribution is -0.115. The molecular weight excluding hydrogens is 350 g/mol. The van der Waals surface area contributed by atoms with Gasteiger partial charge in [-0.3, -0.25) is 4.79 Å². The minimum Gasteiger partial charge on any atom is -0.310 e. The minimum atomic E-state index is -0.179. The van der Waals surface area contributed by atoms with Crippen LogP contribution in [-0.2, 0) is 4.79 Å². The average Bonchev–Trinajstić information content (AvgIpc) is 2.89. The van der Waals surface area contributed by atoms with Gasteiger partial charge in [-0.1, -0.05) is 15.9 Å². The molecule has 6 heteroatoms. The van der Waals surface area contributed by atoms with E-state index < -0.39 is 0 Å². The maximum atomic E-state index is 12.3. The molecule has 112 valence electrons. The summed E-state index contributed by atoms with van der Waals surface area (Å²) in [6, 6.07) is 9.97. The van der Waals surface area contributed by atoms with Crippen LogP contribution in [0.4, 0.5) is 5.82 Å². The SMILES string of the molecule is CC(Sc1ccc(Br)cc1)C(=O)Nc1ccnn1C(C)C. The summed E-state index contributed by atoms with van der Waals surface area (Å²) in [4.78, 5) is 13.3. The molecule has 2 rings (SSSR count). The summed E-state index contributed by atoms with van der Waals surface area (Å²) in [7, 11) is 0. The van der Waals surface area contributed by atoms with E-state index in [-0.39, 0.29) is 17.2 Å². The highest BCUT2D eigenvalue weighted by Crippen LogP contribution is 2.26. The Kier molecular flexibility index (Phi) is 5.47. The molecule has 0 radical (unpaired) electrons. The number of thioether (sulfide) groups is 1. The molecule has 1 N–H and O–H groups in total. The molecule has 0 spiro atoms. The van der Waals surface area contributed by atoms with Crippen molar-refractivity contribution in [3.8, 4) is 0 Å². The molecule has 0 saturated heterocycles. The van der Waals surface area contributed by atoms with E-state index in [2.05, 4.69) is 26.3 Å². The average molecular weight is 368 g/mol. The Morgan fingerprint density at radius 2 is 1.90 bits per heavy atom. The molecular formula is C15H18BrN3OS. The van der Waals surface area contributed by atoms with E-state index in [1.165, 1.54) is 11.8 Å². The number of carbonyl (C=O) groups excluding carboxylic acids is 1. The molecule has 1 aromatic carbocycles. The highest BCUT2D eigenvalue weighted by atomic mass is 79.9. The van der Waals surface area contributed by atoms with E-state index in [0.717, 1.165) is 15.2 Å². The van der Waals surface area contributed by atoms with Crippen molar-refractivity contribution in [2.45, 2.75) is 37.0 Å². The summed E-state index contributed by atoms with van der Waals surface area (Å²) in [5, 5.41) is 6.97. The lowest BCUT2D eigenvalue weighted by Crippen LogP contribution is -2.24.